The number of carbonyl (C=O) groups excluding carboxylic acids is 1. The maximum atomic E-state index is 12.4. The SMILES string of the molecule is COc1ccc(NC(=O)c2ccc(Sc3ccccc3)c([N+](=O)[O-])c2)cc1. The van der Waals surface area contributed by atoms with E-state index in [9.17, 15) is 14.9 Å². The van der Waals surface area contributed by atoms with Crippen molar-refractivity contribution in [2.45, 2.75) is 9.79 Å². The van der Waals surface area contributed by atoms with E-state index in [1.807, 2.05) is 30.3 Å². The number of methoxy groups -OCH3 is 1. The second-order valence-corrected chi connectivity index (χ2v) is 6.65. The van der Waals surface area contributed by atoms with Crippen LogP contribution in [0.25, 0.3) is 0 Å². The van der Waals surface area contributed by atoms with Crippen molar-refractivity contribution in [3.63, 3.8) is 0 Å². The highest BCUT2D eigenvalue weighted by atomic mass is 32.2. The van der Waals surface area contributed by atoms with Crippen molar-refractivity contribution in [3.8, 4) is 5.75 Å². The first-order chi connectivity index (χ1) is 13.1. The molecule has 0 spiro atoms. The van der Waals surface area contributed by atoms with Crippen LogP contribution in [0.15, 0.2) is 82.6 Å². The Balaban J connectivity index is 1.82. The number of anilines is 1. The van der Waals surface area contributed by atoms with Crippen LogP contribution in [0, 0.1) is 10.1 Å². The Kier molecular flexibility index (Phi) is 5.73. The zero-order valence-electron chi connectivity index (χ0n) is 14.4. The standard InChI is InChI=1S/C20H16N2O4S/c1-26-16-10-8-15(9-11-16)21-20(23)14-7-12-19(18(13-14)22(24)25)27-17-5-3-2-4-6-17/h2-13H,1H3,(H,21,23). The van der Waals surface area contributed by atoms with E-state index in [0.29, 0.717) is 16.3 Å². The molecular formula is C20H16N2O4S. The van der Waals surface area contributed by atoms with E-state index in [0.717, 1.165) is 4.90 Å². The van der Waals surface area contributed by atoms with Crippen LogP contribution in [0.4, 0.5) is 11.4 Å². The van der Waals surface area contributed by atoms with Crippen LogP contribution in [0.5, 0.6) is 5.75 Å². The maximum Gasteiger partial charge on any atom is 0.284 e. The summed E-state index contributed by atoms with van der Waals surface area (Å²) in [5, 5.41) is 14.2. The molecule has 7 heteroatoms. The van der Waals surface area contributed by atoms with Crippen LogP contribution in [-0.2, 0) is 0 Å². The molecule has 0 fully saturated rings. The Morgan fingerprint density at radius 2 is 1.74 bits per heavy atom. The molecule has 0 heterocycles. The maximum absolute atomic E-state index is 12.4. The minimum absolute atomic E-state index is 0.105. The van der Waals surface area contributed by atoms with Crippen molar-refractivity contribution >= 4 is 29.0 Å². The number of nitro groups is 1. The molecule has 0 saturated carbocycles. The molecule has 0 saturated heterocycles. The second kappa shape index (κ2) is 8.37. The van der Waals surface area contributed by atoms with Crippen molar-refractivity contribution in [2.24, 2.45) is 0 Å². The van der Waals surface area contributed by atoms with Crippen LogP contribution < -0.4 is 10.1 Å². The van der Waals surface area contributed by atoms with Gasteiger partial charge in [-0.25, -0.2) is 0 Å². The Morgan fingerprint density at radius 1 is 1.04 bits per heavy atom. The molecule has 0 aliphatic rings. The topological polar surface area (TPSA) is 81.5 Å². The van der Waals surface area contributed by atoms with Gasteiger partial charge in [-0.2, -0.15) is 0 Å². The van der Waals surface area contributed by atoms with Crippen molar-refractivity contribution in [2.75, 3.05) is 12.4 Å². The van der Waals surface area contributed by atoms with Gasteiger partial charge in [-0.05, 0) is 48.5 Å². The first-order valence-corrected chi connectivity index (χ1v) is 8.85. The number of amides is 1. The van der Waals surface area contributed by atoms with Gasteiger partial charge in [0.2, 0.25) is 0 Å². The molecule has 27 heavy (non-hydrogen) atoms. The minimum Gasteiger partial charge on any atom is -0.497 e. The van der Waals surface area contributed by atoms with Gasteiger partial charge in [0.25, 0.3) is 11.6 Å². The van der Waals surface area contributed by atoms with Crippen LogP contribution in [0.3, 0.4) is 0 Å². The summed E-state index contributed by atoms with van der Waals surface area (Å²) in [5.41, 5.74) is 0.687. The van der Waals surface area contributed by atoms with E-state index < -0.39 is 10.8 Å². The van der Waals surface area contributed by atoms with E-state index in [1.165, 1.54) is 17.8 Å². The fourth-order valence-corrected chi connectivity index (χ4v) is 3.30. The van der Waals surface area contributed by atoms with Gasteiger partial charge in [0.05, 0.1) is 16.9 Å². The van der Waals surface area contributed by atoms with Crippen molar-refractivity contribution in [1.82, 2.24) is 0 Å². The lowest BCUT2D eigenvalue weighted by atomic mass is 10.2. The van der Waals surface area contributed by atoms with Gasteiger partial charge in [0.1, 0.15) is 5.75 Å². The molecule has 1 N–H and O–H groups in total. The number of nitrogens with one attached hydrogen (secondary N) is 1. The molecule has 0 radical (unpaired) electrons. The van der Waals surface area contributed by atoms with Crippen molar-refractivity contribution < 1.29 is 14.5 Å². The molecule has 0 atom stereocenters. The number of nitrogens with zero attached hydrogens (tertiary/aromatic N) is 1. The van der Waals surface area contributed by atoms with E-state index in [2.05, 4.69) is 5.32 Å². The number of rotatable bonds is 6. The molecule has 0 aromatic heterocycles. The highest BCUT2D eigenvalue weighted by molar-refractivity contribution is 7.99. The predicted molar refractivity (Wildman–Crippen MR) is 105 cm³/mol. The summed E-state index contributed by atoms with van der Waals surface area (Å²) in [4.78, 5) is 24.8. The zero-order valence-corrected chi connectivity index (χ0v) is 15.2. The zero-order chi connectivity index (χ0) is 19.2. The average molecular weight is 380 g/mol. The van der Waals surface area contributed by atoms with Crippen LogP contribution in [-0.4, -0.2) is 17.9 Å². The summed E-state index contributed by atoms with van der Waals surface area (Å²) in [6, 6.07) is 20.7. The molecule has 1 amide bonds. The number of ether oxygens (including phenoxy) is 1. The van der Waals surface area contributed by atoms with E-state index in [1.54, 1.807) is 43.5 Å². The third-order valence-corrected chi connectivity index (χ3v) is 4.81. The quantitative estimate of drug-likeness (QED) is 0.480. The molecule has 0 aliphatic carbocycles. The van der Waals surface area contributed by atoms with Gasteiger partial charge in [-0.3, -0.25) is 14.9 Å². The summed E-state index contributed by atoms with van der Waals surface area (Å²) in [5.74, 6) is 0.255. The number of hydrogen-bond acceptors (Lipinski definition) is 5. The fraction of sp³-hybridized carbons (Fsp3) is 0.0500. The highest BCUT2D eigenvalue weighted by Crippen LogP contribution is 2.35. The number of nitro benzene ring substituents is 1. The third kappa shape index (κ3) is 4.65. The largest absolute Gasteiger partial charge is 0.497 e. The Bertz CT molecular complexity index is 959. The molecule has 0 unspecified atom stereocenters. The molecule has 3 rings (SSSR count). The van der Waals surface area contributed by atoms with E-state index in [4.69, 9.17) is 4.74 Å². The van der Waals surface area contributed by atoms with E-state index >= 15 is 0 Å². The predicted octanol–water partition coefficient (Wildman–Crippen LogP) is 5.01. The van der Waals surface area contributed by atoms with Crippen molar-refractivity contribution in [1.29, 1.82) is 0 Å². The summed E-state index contributed by atoms with van der Waals surface area (Å²) in [6.07, 6.45) is 0. The lowest BCUT2D eigenvalue weighted by Crippen LogP contribution is -2.12. The third-order valence-electron chi connectivity index (χ3n) is 3.74. The molecular weight excluding hydrogens is 364 g/mol. The normalized spacial score (nSPS) is 10.3. The first kappa shape index (κ1) is 18.5. The average Bonchev–Trinajstić information content (AvgIpc) is 2.69. The van der Waals surface area contributed by atoms with Gasteiger partial charge >= 0.3 is 0 Å². The fourth-order valence-electron chi connectivity index (χ4n) is 2.38. The second-order valence-electron chi connectivity index (χ2n) is 5.54. The smallest absolute Gasteiger partial charge is 0.284 e. The van der Waals surface area contributed by atoms with Gasteiger partial charge < -0.3 is 10.1 Å². The summed E-state index contributed by atoms with van der Waals surface area (Å²) >= 11 is 1.28. The number of benzene rings is 3. The van der Waals surface area contributed by atoms with Gasteiger partial charge in [-0.15, -0.1) is 0 Å². The summed E-state index contributed by atoms with van der Waals surface area (Å²) in [6.45, 7) is 0. The number of hydrogen-bond donors (Lipinski definition) is 1. The number of carbonyl (C=O) groups is 1. The highest BCUT2D eigenvalue weighted by Gasteiger charge is 2.18. The Labute approximate surface area is 160 Å². The van der Waals surface area contributed by atoms with Crippen LogP contribution in [0.2, 0.25) is 0 Å². The van der Waals surface area contributed by atoms with Gasteiger partial charge in [-0.1, -0.05) is 30.0 Å². The molecule has 0 bridgehead atoms. The monoisotopic (exact) mass is 380 g/mol. The lowest BCUT2D eigenvalue weighted by Gasteiger charge is -2.08. The van der Waals surface area contributed by atoms with Crippen LogP contribution in [0.1, 0.15) is 10.4 Å². The Morgan fingerprint density at radius 3 is 2.37 bits per heavy atom. The molecule has 3 aromatic rings. The van der Waals surface area contributed by atoms with E-state index in [-0.39, 0.29) is 11.3 Å². The molecule has 3 aromatic carbocycles. The Hall–Kier alpha value is -3.32. The van der Waals surface area contributed by atoms with Crippen LogP contribution >= 0.6 is 11.8 Å². The van der Waals surface area contributed by atoms with Crippen molar-refractivity contribution in [3.05, 3.63) is 88.5 Å². The molecule has 6 nitrogen and oxygen atoms in total. The van der Waals surface area contributed by atoms with Gasteiger partial charge in [0.15, 0.2) is 0 Å². The summed E-state index contributed by atoms with van der Waals surface area (Å²) < 4.78 is 5.07. The molecule has 136 valence electrons. The minimum atomic E-state index is -0.477. The lowest BCUT2D eigenvalue weighted by molar-refractivity contribution is -0.387. The van der Waals surface area contributed by atoms with Gasteiger partial charge in [0, 0.05) is 22.2 Å². The molecule has 0 aliphatic heterocycles. The first-order valence-electron chi connectivity index (χ1n) is 8.03. The summed E-state index contributed by atoms with van der Waals surface area (Å²) in [7, 11) is 1.56.